The average Bonchev–Trinajstić information content (AvgIpc) is 2.36. The summed E-state index contributed by atoms with van der Waals surface area (Å²) in [6.45, 7) is 4.58. The molecule has 2 unspecified atom stereocenters. The number of carboxylic acids is 1. The molecular formula is C17H23NO3. The molecule has 0 aromatic heterocycles. The highest BCUT2D eigenvalue weighted by molar-refractivity contribution is 5.86. The predicted molar refractivity (Wildman–Crippen MR) is 81.1 cm³/mol. The van der Waals surface area contributed by atoms with E-state index in [1.165, 1.54) is 5.56 Å². The molecule has 2 rings (SSSR count). The molecule has 0 bridgehead atoms. The smallest absolute Gasteiger partial charge is 0.303 e. The molecule has 4 nitrogen and oxygen atoms in total. The van der Waals surface area contributed by atoms with Crippen molar-refractivity contribution in [2.24, 2.45) is 11.8 Å². The van der Waals surface area contributed by atoms with Crippen LogP contribution in [-0.4, -0.2) is 23.5 Å². The maximum absolute atomic E-state index is 12.2. The third-order valence-electron chi connectivity index (χ3n) is 4.00. The quantitative estimate of drug-likeness (QED) is 0.810. The van der Waals surface area contributed by atoms with Crippen LogP contribution < -0.4 is 5.32 Å². The van der Waals surface area contributed by atoms with Crippen molar-refractivity contribution < 1.29 is 14.7 Å². The fraction of sp³-hybridized carbons (Fsp3) is 0.529. The Bertz CT molecular complexity index is 525. The highest BCUT2D eigenvalue weighted by Gasteiger charge is 2.31. The lowest BCUT2D eigenvalue weighted by atomic mass is 9.77. The van der Waals surface area contributed by atoms with Crippen molar-refractivity contribution in [3.8, 4) is 0 Å². The molecule has 1 aromatic rings. The van der Waals surface area contributed by atoms with Gasteiger partial charge in [-0.3, -0.25) is 9.59 Å². The summed E-state index contributed by atoms with van der Waals surface area (Å²) >= 11 is 0. The summed E-state index contributed by atoms with van der Waals surface area (Å²) in [5.41, 5.74) is 2.34. The number of carboxylic acid groups (broad SMARTS) is 1. The van der Waals surface area contributed by atoms with Crippen molar-refractivity contribution in [2.45, 2.75) is 39.0 Å². The van der Waals surface area contributed by atoms with E-state index in [1.54, 1.807) is 0 Å². The molecule has 0 spiro atoms. The van der Waals surface area contributed by atoms with Crippen LogP contribution in [0.25, 0.3) is 0 Å². The van der Waals surface area contributed by atoms with Crippen LogP contribution in [0.3, 0.4) is 0 Å². The van der Waals surface area contributed by atoms with Gasteiger partial charge in [-0.15, -0.1) is 0 Å². The summed E-state index contributed by atoms with van der Waals surface area (Å²) in [5, 5.41) is 11.9. The number of amides is 1. The van der Waals surface area contributed by atoms with E-state index in [4.69, 9.17) is 5.11 Å². The summed E-state index contributed by atoms with van der Waals surface area (Å²) < 4.78 is 0. The Hall–Kier alpha value is -1.84. The van der Waals surface area contributed by atoms with Gasteiger partial charge in [0.15, 0.2) is 0 Å². The van der Waals surface area contributed by atoms with Crippen LogP contribution in [0, 0.1) is 11.8 Å². The first kappa shape index (κ1) is 15.5. The molecule has 0 aliphatic heterocycles. The van der Waals surface area contributed by atoms with Crippen LogP contribution in [0.2, 0.25) is 0 Å². The summed E-state index contributed by atoms with van der Waals surface area (Å²) in [4.78, 5) is 23.1. The Labute approximate surface area is 125 Å². The molecule has 0 radical (unpaired) electrons. The molecule has 1 aromatic carbocycles. The lowest BCUT2D eigenvalue weighted by Gasteiger charge is -2.29. The zero-order valence-electron chi connectivity index (χ0n) is 12.6. The molecule has 21 heavy (non-hydrogen) atoms. The minimum atomic E-state index is -0.802. The number of aliphatic carboxylic acids is 1. The minimum Gasteiger partial charge on any atom is -0.481 e. The number of rotatable bonds is 7. The van der Waals surface area contributed by atoms with Gasteiger partial charge in [-0.25, -0.2) is 0 Å². The summed E-state index contributed by atoms with van der Waals surface area (Å²) in [6.07, 6.45) is 1.71. The number of carbonyl (C=O) groups excluding carboxylic acids is 1. The van der Waals surface area contributed by atoms with Gasteiger partial charge in [-0.1, -0.05) is 38.1 Å². The number of hydrogen-bond acceptors (Lipinski definition) is 2. The van der Waals surface area contributed by atoms with Gasteiger partial charge < -0.3 is 10.4 Å². The van der Waals surface area contributed by atoms with Crippen molar-refractivity contribution in [1.82, 2.24) is 5.32 Å². The van der Waals surface area contributed by atoms with Gasteiger partial charge in [0.05, 0.1) is 5.92 Å². The molecule has 0 saturated heterocycles. The molecule has 2 atom stereocenters. The highest BCUT2D eigenvalue weighted by atomic mass is 16.4. The van der Waals surface area contributed by atoms with Crippen molar-refractivity contribution in [3.63, 3.8) is 0 Å². The lowest BCUT2D eigenvalue weighted by Crippen LogP contribution is -2.38. The van der Waals surface area contributed by atoms with E-state index >= 15 is 0 Å². The molecule has 2 N–H and O–H groups in total. The number of fused-ring (bicyclic) bond motifs is 1. The van der Waals surface area contributed by atoms with E-state index < -0.39 is 5.97 Å². The van der Waals surface area contributed by atoms with Crippen molar-refractivity contribution in [1.29, 1.82) is 0 Å². The van der Waals surface area contributed by atoms with E-state index in [2.05, 4.69) is 19.2 Å². The second kappa shape index (κ2) is 6.74. The minimum absolute atomic E-state index is 0.00164. The van der Waals surface area contributed by atoms with Gasteiger partial charge in [-0.05, 0) is 35.8 Å². The third-order valence-corrected chi connectivity index (χ3v) is 4.00. The van der Waals surface area contributed by atoms with Crippen molar-refractivity contribution in [2.75, 3.05) is 6.54 Å². The third kappa shape index (κ3) is 4.06. The van der Waals surface area contributed by atoms with Gasteiger partial charge in [0, 0.05) is 13.0 Å². The van der Waals surface area contributed by atoms with Crippen LogP contribution in [0.4, 0.5) is 0 Å². The van der Waals surface area contributed by atoms with E-state index in [0.717, 1.165) is 18.4 Å². The van der Waals surface area contributed by atoms with E-state index in [9.17, 15) is 9.59 Å². The Kier molecular flexibility index (Phi) is 4.99. The molecule has 0 saturated carbocycles. The maximum atomic E-state index is 12.2. The number of carbonyl (C=O) groups is 2. The second-order valence-corrected chi connectivity index (χ2v) is 6.29. The largest absolute Gasteiger partial charge is 0.481 e. The summed E-state index contributed by atoms with van der Waals surface area (Å²) in [7, 11) is 0. The van der Waals surface area contributed by atoms with Crippen molar-refractivity contribution >= 4 is 11.9 Å². The van der Waals surface area contributed by atoms with Crippen LogP contribution >= 0.6 is 0 Å². The van der Waals surface area contributed by atoms with Crippen molar-refractivity contribution in [3.05, 3.63) is 35.4 Å². The number of benzene rings is 1. The fourth-order valence-electron chi connectivity index (χ4n) is 3.01. The zero-order valence-corrected chi connectivity index (χ0v) is 12.6. The van der Waals surface area contributed by atoms with Gasteiger partial charge in [0.2, 0.25) is 5.91 Å². The predicted octanol–water partition coefficient (Wildman–Crippen LogP) is 2.58. The molecule has 0 heterocycles. The van der Waals surface area contributed by atoms with Gasteiger partial charge in [0.1, 0.15) is 0 Å². The van der Waals surface area contributed by atoms with E-state index in [0.29, 0.717) is 12.5 Å². The van der Waals surface area contributed by atoms with Gasteiger partial charge >= 0.3 is 5.97 Å². The van der Waals surface area contributed by atoms with E-state index in [1.807, 2.05) is 24.3 Å². The first-order valence-electron chi connectivity index (χ1n) is 7.54. The number of hydrogen-bond donors (Lipinski definition) is 2. The normalized spacial score (nSPS) is 17.8. The zero-order chi connectivity index (χ0) is 15.4. The lowest BCUT2D eigenvalue weighted by molar-refractivity contribution is -0.138. The standard InChI is InChI=1S/C17H23NO3/c1-11(2)7-12(8-16(19)20)10-18-17(21)15-9-13-5-3-4-6-14(13)15/h3-6,11-12,15H,7-10H2,1-2H3,(H,18,21)(H,19,20). The Morgan fingerprint density at radius 3 is 2.67 bits per heavy atom. The Morgan fingerprint density at radius 2 is 2.05 bits per heavy atom. The highest BCUT2D eigenvalue weighted by Crippen LogP contribution is 2.34. The Morgan fingerprint density at radius 1 is 1.33 bits per heavy atom. The first-order valence-corrected chi connectivity index (χ1v) is 7.54. The summed E-state index contributed by atoms with van der Waals surface area (Å²) in [5.74, 6) is -0.417. The SMILES string of the molecule is CC(C)CC(CNC(=O)C1Cc2ccccc21)CC(=O)O. The molecule has 1 aliphatic carbocycles. The number of nitrogens with one attached hydrogen (secondary N) is 1. The molecule has 1 amide bonds. The summed E-state index contributed by atoms with van der Waals surface area (Å²) in [6, 6.07) is 7.97. The monoisotopic (exact) mass is 289 g/mol. The molecule has 1 aliphatic rings. The molecule has 4 heteroatoms. The van der Waals surface area contributed by atoms with Gasteiger partial charge in [-0.2, -0.15) is 0 Å². The van der Waals surface area contributed by atoms with Crippen LogP contribution in [0.5, 0.6) is 0 Å². The fourth-order valence-corrected chi connectivity index (χ4v) is 3.01. The Balaban J connectivity index is 1.86. The van der Waals surface area contributed by atoms with Crippen LogP contribution in [0.15, 0.2) is 24.3 Å². The molecule has 0 fully saturated rings. The molecule has 114 valence electrons. The topological polar surface area (TPSA) is 66.4 Å². The van der Waals surface area contributed by atoms with Gasteiger partial charge in [0.25, 0.3) is 0 Å². The van der Waals surface area contributed by atoms with Crippen LogP contribution in [0.1, 0.15) is 43.7 Å². The second-order valence-electron chi connectivity index (χ2n) is 6.29. The average molecular weight is 289 g/mol. The molecular weight excluding hydrogens is 266 g/mol. The first-order chi connectivity index (χ1) is 9.97. The van der Waals surface area contributed by atoms with Crippen LogP contribution in [-0.2, 0) is 16.0 Å². The van der Waals surface area contributed by atoms with E-state index in [-0.39, 0.29) is 24.2 Å². The maximum Gasteiger partial charge on any atom is 0.303 e.